The summed E-state index contributed by atoms with van der Waals surface area (Å²) in [5.41, 5.74) is 6.99. The van der Waals surface area contributed by atoms with Crippen LogP contribution in [0.1, 0.15) is 132 Å². The summed E-state index contributed by atoms with van der Waals surface area (Å²) in [4.78, 5) is 0. The van der Waals surface area contributed by atoms with Gasteiger partial charge in [0.1, 0.15) is 17.5 Å². The first kappa shape index (κ1) is 44.2. The molecule has 5 aromatic carbocycles. The number of halogens is 4. The van der Waals surface area contributed by atoms with Crippen molar-refractivity contribution in [2.24, 2.45) is 0 Å². The highest BCUT2D eigenvalue weighted by Gasteiger charge is 2.06. The van der Waals surface area contributed by atoms with E-state index in [0.29, 0.717) is 29.2 Å². The third-order valence-corrected chi connectivity index (χ3v) is 8.24. The zero-order valence-electron chi connectivity index (χ0n) is 31.9. The van der Waals surface area contributed by atoms with E-state index in [1.807, 2.05) is 44.2 Å². The standard InChI is InChI=1S/C10H14.C9H11Cl.C9H10F2.C9H11F.C9H12/c1-8(2)10-7-5-4-6-9(10)3;1-7(2)8-5-3-4-6-9(8)10;1-6(2)8-5-7(10)3-4-9(8)11;1-7(2)8-4-3-5-9(10)6-8;1-8(2)9-6-4-3-5-7-9/h4-8H,1-3H3;3-7H,1-2H3;3-6H,1-2H3;3-7H,1-2H3;3-8H,1-2H3. The molecule has 0 saturated carbocycles. The number of aryl methyl sites for hydroxylation is 1. The van der Waals surface area contributed by atoms with Gasteiger partial charge < -0.3 is 0 Å². The monoisotopic (exact) mass is 702 g/mol. The van der Waals surface area contributed by atoms with E-state index >= 15 is 0 Å². The van der Waals surface area contributed by atoms with Crippen molar-refractivity contribution in [2.75, 3.05) is 0 Å². The van der Waals surface area contributed by atoms with Crippen molar-refractivity contribution in [3.05, 3.63) is 177 Å². The van der Waals surface area contributed by atoms with E-state index in [4.69, 9.17) is 11.6 Å². The van der Waals surface area contributed by atoms with Crippen molar-refractivity contribution in [3.63, 3.8) is 0 Å². The normalized spacial score (nSPS) is 10.4. The average Bonchev–Trinajstić information content (AvgIpc) is 3.07. The summed E-state index contributed by atoms with van der Waals surface area (Å²) in [6, 6.07) is 37.3. The molecule has 0 aromatic heterocycles. The van der Waals surface area contributed by atoms with E-state index in [9.17, 15) is 13.2 Å². The summed E-state index contributed by atoms with van der Waals surface area (Å²) in [5, 5.41) is 0.873. The van der Waals surface area contributed by atoms with Crippen LogP contribution in [0.5, 0.6) is 0 Å². The smallest absolute Gasteiger partial charge is 0.126 e. The van der Waals surface area contributed by atoms with Crippen LogP contribution < -0.4 is 0 Å². The van der Waals surface area contributed by atoms with E-state index in [1.54, 1.807) is 12.1 Å². The third-order valence-electron chi connectivity index (χ3n) is 7.90. The maximum absolute atomic E-state index is 12.9. The highest BCUT2D eigenvalue weighted by atomic mass is 35.5. The lowest BCUT2D eigenvalue weighted by atomic mass is 9.99. The first-order valence-corrected chi connectivity index (χ1v) is 18.0. The minimum Gasteiger partial charge on any atom is -0.207 e. The van der Waals surface area contributed by atoms with Gasteiger partial charge in [0.15, 0.2) is 0 Å². The minimum atomic E-state index is -0.380. The molecular formula is C46H58ClF3. The van der Waals surface area contributed by atoms with E-state index in [0.717, 1.165) is 22.7 Å². The summed E-state index contributed by atoms with van der Waals surface area (Å²) in [6.07, 6.45) is 0. The number of hydrogen-bond acceptors (Lipinski definition) is 0. The molecule has 50 heavy (non-hydrogen) atoms. The van der Waals surface area contributed by atoms with Crippen LogP contribution in [-0.4, -0.2) is 0 Å². The minimum absolute atomic E-state index is 0.0331. The molecule has 0 nitrogen and oxygen atoms in total. The molecule has 0 atom stereocenters. The van der Waals surface area contributed by atoms with Crippen LogP contribution >= 0.6 is 11.6 Å². The molecule has 0 amide bonds. The van der Waals surface area contributed by atoms with Gasteiger partial charge in [0, 0.05) is 5.02 Å². The lowest BCUT2D eigenvalue weighted by Gasteiger charge is -2.07. The van der Waals surface area contributed by atoms with Gasteiger partial charge in [-0.25, -0.2) is 13.2 Å². The second-order valence-corrected chi connectivity index (χ2v) is 14.2. The van der Waals surface area contributed by atoms with E-state index in [-0.39, 0.29) is 23.4 Å². The predicted molar refractivity (Wildman–Crippen MR) is 212 cm³/mol. The van der Waals surface area contributed by atoms with Gasteiger partial charge in [0.05, 0.1) is 0 Å². The van der Waals surface area contributed by atoms with E-state index in [2.05, 4.69) is 117 Å². The lowest BCUT2D eigenvalue weighted by molar-refractivity contribution is 0.575. The number of rotatable bonds is 5. The van der Waals surface area contributed by atoms with Crippen molar-refractivity contribution < 1.29 is 13.2 Å². The zero-order valence-corrected chi connectivity index (χ0v) is 32.7. The van der Waals surface area contributed by atoms with Crippen LogP contribution in [0.15, 0.2) is 121 Å². The summed E-state index contributed by atoms with van der Waals surface area (Å²) < 4.78 is 37.9. The highest BCUT2D eigenvalue weighted by molar-refractivity contribution is 6.31. The molecule has 0 fully saturated rings. The third kappa shape index (κ3) is 17.2. The van der Waals surface area contributed by atoms with Crippen LogP contribution in [0.3, 0.4) is 0 Å². The Labute approximate surface area is 306 Å². The van der Waals surface area contributed by atoms with Gasteiger partial charge in [-0.2, -0.15) is 0 Å². The van der Waals surface area contributed by atoms with Crippen molar-refractivity contribution >= 4 is 11.6 Å². The summed E-state index contributed by atoms with van der Waals surface area (Å²) in [5.74, 6) is 1.42. The SMILES string of the molecule is CC(C)c1cc(F)ccc1F.CC(C)c1cccc(F)c1.CC(C)c1ccccc1.CC(C)c1ccccc1Cl.Cc1ccccc1C(C)C. The van der Waals surface area contributed by atoms with Gasteiger partial charge in [-0.1, -0.05) is 166 Å². The molecule has 0 aliphatic heterocycles. The fourth-order valence-corrected chi connectivity index (χ4v) is 5.19. The van der Waals surface area contributed by atoms with Crippen molar-refractivity contribution in [2.45, 2.75) is 106 Å². The number of benzene rings is 5. The molecule has 0 aliphatic rings. The van der Waals surface area contributed by atoms with Gasteiger partial charge in [0.2, 0.25) is 0 Å². The first-order chi connectivity index (χ1) is 23.5. The van der Waals surface area contributed by atoms with Crippen LogP contribution in [0, 0.1) is 24.4 Å². The molecule has 0 spiro atoms. The molecule has 270 valence electrons. The molecule has 0 bridgehead atoms. The molecular weight excluding hydrogens is 645 g/mol. The van der Waals surface area contributed by atoms with Crippen molar-refractivity contribution in [1.82, 2.24) is 0 Å². The van der Waals surface area contributed by atoms with Crippen molar-refractivity contribution in [3.8, 4) is 0 Å². The molecule has 5 rings (SSSR count). The highest BCUT2D eigenvalue weighted by Crippen LogP contribution is 2.23. The average molecular weight is 703 g/mol. The Morgan fingerprint density at radius 1 is 0.400 bits per heavy atom. The molecule has 0 N–H and O–H groups in total. The maximum atomic E-state index is 12.9. The Morgan fingerprint density at radius 3 is 1.24 bits per heavy atom. The van der Waals surface area contributed by atoms with E-state index in [1.165, 1.54) is 34.4 Å². The van der Waals surface area contributed by atoms with Gasteiger partial charge in [0.25, 0.3) is 0 Å². The van der Waals surface area contributed by atoms with Gasteiger partial charge in [-0.3, -0.25) is 0 Å². The Hall–Kier alpha value is -3.82. The maximum Gasteiger partial charge on any atom is 0.126 e. The fraction of sp³-hybridized carbons (Fsp3) is 0.348. The molecule has 0 heterocycles. The van der Waals surface area contributed by atoms with Crippen LogP contribution in [0.2, 0.25) is 5.02 Å². The largest absolute Gasteiger partial charge is 0.207 e. The molecule has 4 heteroatoms. The molecule has 0 unspecified atom stereocenters. The van der Waals surface area contributed by atoms with Gasteiger partial charge >= 0.3 is 0 Å². The Kier molecular flexibility index (Phi) is 20.8. The second kappa shape index (κ2) is 23.6. The fourth-order valence-electron chi connectivity index (χ4n) is 4.84. The Bertz CT molecular complexity index is 1590. The molecule has 5 aromatic rings. The van der Waals surface area contributed by atoms with Crippen LogP contribution in [-0.2, 0) is 0 Å². The Morgan fingerprint density at radius 2 is 0.860 bits per heavy atom. The summed E-state index contributed by atoms with van der Waals surface area (Å²) >= 11 is 5.92. The van der Waals surface area contributed by atoms with Gasteiger partial charge in [-0.05, 0) is 106 Å². The first-order valence-electron chi connectivity index (χ1n) is 17.6. The molecule has 0 aliphatic carbocycles. The lowest BCUT2D eigenvalue weighted by Crippen LogP contribution is -1.93. The molecule has 0 saturated heterocycles. The second-order valence-electron chi connectivity index (χ2n) is 13.8. The quantitative estimate of drug-likeness (QED) is 0.171. The summed E-state index contributed by atoms with van der Waals surface area (Å²) in [7, 11) is 0. The number of hydrogen-bond donors (Lipinski definition) is 0. The van der Waals surface area contributed by atoms with Crippen LogP contribution in [0.25, 0.3) is 0 Å². The summed E-state index contributed by atoms with van der Waals surface area (Å²) in [6.45, 7) is 23.1. The van der Waals surface area contributed by atoms with E-state index < -0.39 is 0 Å². The zero-order chi connectivity index (χ0) is 37.8. The van der Waals surface area contributed by atoms with Crippen molar-refractivity contribution in [1.29, 1.82) is 0 Å². The Balaban J connectivity index is 0.000000313. The predicted octanol–water partition coefficient (Wildman–Crippen LogP) is 15.4. The molecule has 0 radical (unpaired) electrons. The van der Waals surface area contributed by atoms with Crippen LogP contribution in [0.4, 0.5) is 13.2 Å². The topological polar surface area (TPSA) is 0 Å². The van der Waals surface area contributed by atoms with Gasteiger partial charge in [-0.15, -0.1) is 0 Å².